The fourth-order valence-corrected chi connectivity index (χ4v) is 1.73. The first-order chi connectivity index (χ1) is 8.00. The highest BCUT2D eigenvalue weighted by Gasteiger charge is 2.05. The third-order valence-electron chi connectivity index (χ3n) is 2.75. The molecule has 0 aliphatic heterocycles. The van der Waals surface area contributed by atoms with Crippen molar-refractivity contribution in [2.24, 2.45) is 5.92 Å². The number of aryl methyl sites for hydroxylation is 1. The first kappa shape index (κ1) is 13.6. The number of hydrogen-bond donors (Lipinski definition) is 2. The average Bonchev–Trinajstić information content (AvgIpc) is 2.25. The lowest BCUT2D eigenvalue weighted by Gasteiger charge is -2.11. The molecule has 0 unspecified atom stereocenters. The molecular weight excluding hydrogens is 214 g/mol. The van der Waals surface area contributed by atoms with E-state index in [0.717, 1.165) is 30.1 Å². The summed E-state index contributed by atoms with van der Waals surface area (Å²) >= 11 is 0. The normalized spacial score (nSPS) is 10.6. The molecule has 1 rings (SSSR count). The van der Waals surface area contributed by atoms with E-state index in [0.29, 0.717) is 5.56 Å². The first-order valence-corrected chi connectivity index (χ1v) is 6.08. The van der Waals surface area contributed by atoms with Crippen LogP contribution >= 0.6 is 0 Å². The van der Waals surface area contributed by atoms with Crippen molar-refractivity contribution < 1.29 is 9.90 Å². The summed E-state index contributed by atoms with van der Waals surface area (Å²) in [6.07, 6.45) is 2.34. The second-order valence-corrected chi connectivity index (χ2v) is 4.80. The molecular formula is C14H21NO2. The molecule has 0 aliphatic rings. The summed E-state index contributed by atoms with van der Waals surface area (Å²) in [4.78, 5) is 10.8. The van der Waals surface area contributed by atoms with Gasteiger partial charge in [-0.2, -0.15) is 0 Å². The van der Waals surface area contributed by atoms with Crippen molar-refractivity contribution in [1.82, 2.24) is 0 Å². The molecule has 3 nitrogen and oxygen atoms in total. The van der Waals surface area contributed by atoms with Crippen LogP contribution in [0.4, 0.5) is 5.69 Å². The standard InChI is InChI=1S/C14H21NO2/c1-10(2)5-4-8-15-13-7-6-12(14(16)17)9-11(13)3/h6-7,9-10,15H,4-5,8H2,1-3H3,(H,16,17). The number of carboxylic acid groups (broad SMARTS) is 1. The summed E-state index contributed by atoms with van der Waals surface area (Å²) in [6, 6.07) is 5.18. The van der Waals surface area contributed by atoms with Crippen molar-refractivity contribution in [1.29, 1.82) is 0 Å². The maximum atomic E-state index is 10.8. The molecule has 0 heterocycles. The van der Waals surface area contributed by atoms with Crippen LogP contribution < -0.4 is 5.32 Å². The summed E-state index contributed by atoms with van der Waals surface area (Å²) < 4.78 is 0. The van der Waals surface area contributed by atoms with Gasteiger partial charge in [-0.3, -0.25) is 0 Å². The van der Waals surface area contributed by atoms with Gasteiger partial charge in [-0.15, -0.1) is 0 Å². The van der Waals surface area contributed by atoms with Gasteiger partial charge < -0.3 is 10.4 Å². The van der Waals surface area contributed by atoms with Crippen LogP contribution in [0, 0.1) is 12.8 Å². The predicted molar refractivity (Wildman–Crippen MR) is 70.7 cm³/mol. The van der Waals surface area contributed by atoms with E-state index in [4.69, 9.17) is 5.11 Å². The van der Waals surface area contributed by atoms with E-state index in [1.807, 2.05) is 13.0 Å². The maximum Gasteiger partial charge on any atom is 0.335 e. The van der Waals surface area contributed by atoms with E-state index in [9.17, 15) is 4.79 Å². The van der Waals surface area contributed by atoms with Crippen LogP contribution in [0.3, 0.4) is 0 Å². The van der Waals surface area contributed by atoms with Crippen LogP contribution in [-0.2, 0) is 0 Å². The van der Waals surface area contributed by atoms with Gasteiger partial charge >= 0.3 is 5.97 Å². The molecule has 0 spiro atoms. The highest BCUT2D eigenvalue weighted by molar-refractivity contribution is 5.88. The Labute approximate surface area is 103 Å². The number of anilines is 1. The van der Waals surface area contributed by atoms with Gasteiger partial charge in [0.1, 0.15) is 0 Å². The van der Waals surface area contributed by atoms with Gasteiger partial charge in [-0.1, -0.05) is 13.8 Å². The molecule has 0 bridgehead atoms. The Bertz CT molecular complexity index is 386. The number of aromatic carboxylic acids is 1. The molecule has 0 aromatic heterocycles. The quantitative estimate of drug-likeness (QED) is 0.741. The smallest absolute Gasteiger partial charge is 0.335 e. The van der Waals surface area contributed by atoms with E-state index < -0.39 is 5.97 Å². The van der Waals surface area contributed by atoms with E-state index in [1.165, 1.54) is 6.42 Å². The number of nitrogens with one attached hydrogen (secondary N) is 1. The molecule has 1 aromatic rings. The first-order valence-electron chi connectivity index (χ1n) is 6.08. The lowest BCUT2D eigenvalue weighted by atomic mass is 10.1. The van der Waals surface area contributed by atoms with Gasteiger partial charge in [-0.05, 0) is 49.4 Å². The molecule has 0 radical (unpaired) electrons. The predicted octanol–water partition coefficient (Wildman–Crippen LogP) is 3.54. The van der Waals surface area contributed by atoms with Gasteiger partial charge in [0.05, 0.1) is 5.56 Å². The molecule has 94 valence electrons. The van der Waals surface area contributed by atoms with Crippen molar-refractivity contribution in [2.45, 2.75) is 33.6 Å². The Hall–Kier alpha value is -1.51. The van der Waals surface area contributed by atoms with Crippen LogP contribution in [0.15, 0.2) is 18.2 Å². The molecule has 0 atom stereocenters. The number of hydrogen-bond acceptors (Lipinski definition) is 2. The Morgan fingerprint density at radius 2 is 2.12 bits per heavy atom. The topological polar surface area (TPSA) is 49.3 Å². The maximum absolute atomic E-state index is 10.8. The average molecular weight is 235 g/mol. The fraction of sp³-hybridized carbons (Fsp3) is 0.500. The highest BCUT2D eigenvalue weighted by Crippen LogP contribution is 2.17. The van der Waals surface area contributed by atoms with Gasteiger partial charge in [-0.25, -0.2) is 4.79 Å². The molecule has 0 aliphatic carbocycles. The molecule has 1 aromatic carbocycles. The van der Waals surface area contributed by atoms with Crippen LogP contribution in [-0.4, -0.2) is 17.6 Å². The van der Waals surface area contributed by atoms with Crippen LogP contribution in [0.1, 0.15) is 42.6 Å². The summed E-state index contributed by atoms with van der Waals surface area (Å²) in [5.41, 5.74) is 2.35. The fourth-order valence-electron chi connectivity index (χ4n) is 1.73. The lowest BCUT2D eigenvalue weighted by molar-refractivity contribution is 0.0697. The Morgan fingerprint density at radius 3 is 2.65 bits per heavy atom. The monoisotopic (exact) mass is 235 g/mol. The molecule has 0 saturated carbocycles. The minimum absolute atomic E-state index is 0.343. The van der Waals surface area contributed by atoms with Crippen LogP contribution in [0.5, 0.6) is 0 Å². The summed E-state index contributed by atoms with van der Waals surface area (Å²) in [6.45, 7) is 7.29. The zero-order chi connectivity index (χ0) is 12.8. The Morgan fingerprint density at radius 1 is 1.41 bits per heavy atom. The highest BCUT2D eigenvalue weighted by atomic mass is 16.4. The molecule has 0 fully saturated rings. The van der Waals surface area contributed by atoms with Crippen molar-refractivity contribution in [2.75, 3.05) is 11.9 Å². The number of rotatable bonds is 6. The Kier molecular flexibility index (Phi) is 5.01. The third-order valence-corrected chi connectivity index (χ3v) is 2.75. The van der Waals surface area contributed by atoms with Crippen molar-refractivity contribution in [3.63, 3.8) is 0 Å². The second kappa shape index (κ2) is 6.28. The van der Waals surface area contributed by atoms with E-state index in [1.54, 1.807) is 12.1 Å². The largest absolute Gasteiger partial charge is 0.478 e. The van der Waals surface area contributed by atoms with Crippen LogP contribution in [0.2, 0.25) is 0 Å². The number of benzene rings is 1. The summed E-state index contributed by atoms with van der Waals surface area (Å²) in [5, 5.41) is 12.2. The second-order valence-electron chi connectivity index (χ2n) is 4.80. The van der Waals surface area contributed by atoms with E-state index in [2.05, 4.69) is 19.2 Å². The van der Waals surface area contributed by atoms with Gasteiger partial charge in [0.15, 0.2) is 0 Å². The van der Waals surface area contributed by atoms with Crippen LogP contribution in [0.25, 0.3) is 0 Å². The molecule has 0 saturated heterocycles. The van der Waals surface area contributed by atoms with Crippen molar-refractivity contribution in [3.8, 4) is 0 Å². The number of carboxylic acids is 1. The van der Waals surface area contributed by atoms with Gasteiger partial charge in [0, 0.05) is 12.2 Å². The zero-order valence-corrected chi connectivity index (χ0v) is 10.8. The summed E-state index contributed by atoms with van der Waals surface area (Å²) in [7, 11) is 0. The third kappa shape index (κ3) is 4.47. The van der Waals surface area contributed by atoms with Gasteiger partial charge in [0.25, 0.3) is 0 Å². The SMILES string of the molecule is Cc1cc(C(=O)O)ccc1NCCCC(C)C. The van der Waals surface area contributed by atoms with Crippen molar-refractivity contribution in [3.05, 3.63) is 29.3 Å². The lowest BCUT2D eigenvalue weighted by Crippen LogP contribution is -2.05. The zero-order valence-electron chi connectivity index (χ0n) is 10.8. The molecule has 2 N–H and O–H groups in total. The number of carbonyl (C=O) groups is 1. The molecule has 3 heteroatoms. The summed E-state index contributed by atoms with van der Waals surface area (Å²) in [5.74, 6) is -0.147. The van der Waals surface area contributed by atoms with Gasteiger partial charge in [0.2, 0.25) is 0 Å². The minimum atomic E-state index is -0.876. The van der Waals surface area contributed by atoms with E-state index >= 15 is 0 Å². The Balaban J connectivity index is 2.52. The van der Waals surface area contributed by atoms with E-state index in [-0.39, 0.29) is 0 Å². The minimum Gasteiger partial charge on any atom is -0.478 e. The van der Waals surface area contributed by atoms with Crippen molar-refractivity contribution >= 4 is 11.7 Å². The molecule has 17 heavy (non-hydrogen) atoms. The molecule has 0 amide bonds.